The van der Waals surface area contributed by atoms with Gasteiger partial charge in [0.05, 0.1) is 11.4 Å². The van der Waals surface area contributed by atoms with Crippen LogP contribution in [0.1, 0.15) is 28.1 Å². The molecular weight excluding hydrogens is 210 g/mol. The van der Waals surface area contributed by atoms with Gasteiger partial charge in [0.2, 0.25) is 0 Å². The largest absolute Gasteiger partial charge is 0.331 e. The Labute approximate surface area is 92.7 Å². The van der Waals surface area contributed by atoms with E-state index in [2.05, 4.69) is 0 Å². The highest BCUT2D eigenvalue weighted by molar-refractivity contribution is 7.12. The van der Waals surface area contributed by atoms with Gasteiger partial charge in [-0.15, -0.1) is 11.3 Å². The highest BCUT2D eigenvalue weighted by Crippen LogP contribution is 2.19. The van der Waals surface area contributed by atoms with Crippen LogP contribution in [0.3, 0.4) is 0 Å². The normalized spacial score (nSPS) is 16.9. The SMILES string of the molecule is Cc1ccsc1C(=O)N1CCCC(=O)C1. The minimum atomic E-state index is 0.00977. The number of likely N-dealkylation sites (tertiary alicyclic amines) is 1. The number of Topliss-reactive ketones (excluding diaryl/α,β-unsaturated/α-hetero) is 1. The summed E-state index contributed by atoms with van der Waals surface area (Å²) in [5.74, 6) is 0.180. The van der Waals surface area contributed by atoms with Crippen molar-refractivity contribution >= 4 is 23.0 Å². The second-order valence-corrected chi connectivity index (χ2v) is 4.72. The first-order valence-corrected chi connectivity index (χ1v) is 5.91. The molecule has 0 aromatic carbocycles. The van der Waals surface area contributed by atoms with Gasteiger partial charge in [0.1, 0.15) is 0 Å². The van der Waals surface area contributed by atoms with E-state index in [0.717, 1.165) is 16.9 Å². The molecule has 0 radical (unpaired) electrons. The Bertz CT molecular complexity index is 397. The lowest BCUT2D eigenvalue weighted by Crippen LogP contribution is -2.40. The Balaban J connectivity index is 2.14. The highest BCUT2D eigenvalue weighted by Gasteiger charge is 2.23. The van der Waals surface area contributed by atoms with E-state index in [1.54, 1.807) is 4.90 Å². The molecule has 2 rings (SSSR count). The number of rotatable bonds is 1. The van der Waals surface area contributed by atoms with Crippen molar-refractivity contribution in [3.8, 4) is 0 Å². The minimum Gasteiger partial charge on any atom is -0.331 e. The number of carbonyl (C=O) groups excluding carboxylic acids is 2. The summed E-state index contributed by atoms with van der Waals surface area (Å²) in [4.78, 5) is 25.7. The van der Waals surface area contributed by atoms with Gasteiger partial charge in [0.25, 0.3) is 5.91 Å². The zero-order chi connectivity index (χ0) is 10.8. The van der Waals surface area contributed by atoms with Gasteiger partial charge in [-0.05, 0) is 30.4 Å². The fourth-order valence-corrected chi connectivity index (χ4v) is 2.64. The van der Waals surface area contributed by atoms with Crippen molar-refractivity contribution in [1.82, 2.24) is 4.90 Å². The van der Waals surface area contributed by atoms with Gasteiger partial charge in [-0.1, -0.05) is 0 Å². The van der Waals surface area contributed by atoms with Crippen molar-refractivity contribution in [3.05, 3.63) is 21.9 Å². The molecule has 2 heterocycles. The molecule has 1 aromatic rings. The number of ketones is 1. The Morgan fingerprint density at radius 2 is 2.33 bits per heavy atom. The minimum absolute atomic E-state index is 0.00977. The maximum atomic E-state index is 12.0. The molecule has 1 saturated heterocycles. The van der Waals surface area contributed by atoms with Crippen LogP contribution in [0.15, 0.2) is 11.4 Å². The van der Waals surface area contributed by atoms with E-state index in [1.807, 2.05) is 18.4 Å². The fraction of sp³-hybridized carbons (Fsp3) is 0.455. The fourth-order valence-electron chi connectivity index (χ4n) is 1.75. The molecule has 1 fully saturated rings. The van der Waals surface area contributed by atoms with Crippen molar-refractivity contribution in [2.45, 2.75) is 19.8 Å². The van der Waals surface area contributed by atoms with Gasteiger partial charge in [-0.2, -0.15) is 0 Å². The van der Waals surface area contributed by atoms with Crippen LogP contribution in [0, 0.1) is 6.92 Å². The standard InChI is InChI=1S/C11H13NO2S/c1-8-4-6-15-10(8)11(14)12-5-2-3-9(13)7-12/h4,6H,2-3,5,7H2,1H3. The number of thiophene rings is 1. The van der Waals surface area contributed by atoms with Crippen LogP contribution in [0.2, 0.25) is 0 Å². The quantitative estimate of drug-likeness (QED) is 0.728. The highest BCUT2D eigenvalue weighted by atomic mass is 32.1. The summed E-state index contributed by atoms with van der Waals surface area (Å²) in [6.45, 7) is 2.92. The summed E-state index contributed by atoms with van der Waals surface area (Å²) in [5, 5.41) is 1.91. The van der Waals surface area contributed by atoms with E-state index in [4.69, 9.17) is 0 Å². The van der Waals surface area contributed by atoms with Crippen molar-refractivity contribution in [1.29, 1.82) is 0 Å². The summed E-state index contributed by atoms with van der Waals surface area (Å²) in [5.41, 5.74) is 1.00. The Kier molecular flexibility index (Phi) is 2.86. The summed E-state index contributed by atoms with van der Waals surface area (Å²) >= 11 is 1.45. The third-order valence-corrected chi connectivity index (χ3v) is 3.60. The van der Waals surface area contributed by atoms with E-state index in [0.29, 0.717) is 13.0 Å². The average Bonchev–Trinajstić information content (AvgIpc) is 2.63. The van der Waals surface area contributed by atoms with Crippen molar-refractivity contribution < 1.29 is 9.59 Å². The summed E-state index contributed by atoms with van der Waals surface area (Å²) in [6, 6.07) is 1.93. The Hall–Kier alpha value is -1.16. The maximum absolute atomic E-state index is 12.0. The molecule has 0 bridgehead atoms. The van der Waals surface area contributed by atoms with E-state index in [1.165, 1.54) is 11.3 Å². The smallest absolute Gasteiger partial charge is 0.264 e. The number of piperidine rings is 1. The average molecular weight is 223 g/mol. The first-order valence-electron chi connectivity index (χ1n) is 5.03. The molecular formula is C11H13NO2S. The van der Waals surface area contributed by atoms with Crippen molar-refractivity contribution in [3.63, 3.8) is 0 Å². The topological polar surface area (TPSA) is 37.4 Å². The first-order chi connectivity index (χ1) is 7.18. The molecule has 80 valence electrons. The number of hydrogen-bond donors (Lipinski definition) is 0. The van der Waals surface area contributed by atoms with Gasteiger partial charge >= 0.3 is 0 Å². The molecule has 0 spiro atoms. The molecule has 0 unspecified atom stereocenters. The number of amides is 1. The number of carbonyl (C=O) groups is 2. The van der Waals surface area contributed by atoms with Crippen LogP contribution in [-0.2, 0) is 4.79 Å². The maximum Gasteiger partial charge on any atom is 0.264 e. The van der Waals surface area contributed by atoms with Crippen LogP contribution in [0.5, 0.6) is 0 Å². The number of hydrogen-bond acceptors (Lipinski definition) is 3. The van der Waals surface area contributed by atoms with Crippen LogP contribution in [0.4, 0.5) is 0 Å². The molecule has 0 aliphatic carbocycles. The molecule has 1 amide bonds. The molecule has 1 aliphatic heterocycles. The molecule has 0 atom stereocenters. The van der Waals surface area contributed by atoms with Crippen LogP contribution in [0.25, 0.3) is 0 Å². The van der Waals surface area contributed by atoms with Crippen LogP contribution < -0.4 is 0 Å². The Morgan fingerprint density at radius 1 is 1.53 bits per heavy atom. The summed E-state index contributed by atoms with van der Waals surface area (Å²) < 4.78 is 0. The van der Waals surface area contributed by atoms with Crippen LogP contribution >= 0.6 is 11.3 Å². The predicted molar refractivity (Wildman–Crippen MR) is 59.2 cm³/mol. The van der Waals surface area contributed by atoms with Gasteiger partial charge in [0, 0.05) is 13.0 Å². The molecule has 1 aromatic heterocycles. The van der Waals surface area contributed by atoms with Crippen molar-refractivity contribution in [2.24, 2.45) is 0 Å². The zero-order valence-electron chi connectivity index (χ0n) is 8.66. The Morgan fingerprint density at radius 3 is 2.93 bits per heavy atom. The van der Waals surface area contributed by atoms with Gasteiger partial charge in [0.15, 0.2) is 5.78 Å². The van der Waals surface area contributed by atoms with E-state index >= 15 is 0 Å². The molecule has 4 heteroatoms. The molecule has 15 heavy (non-hydrogen) atoms. The van der Waals surface area contributed by atoms with Gasteiger partial charge in [-0.3, -0.25) is 9.59 Å². The second-order valence-electron chi connectivity index (χ2n) is 3.80. The van der Waals surface area contributed by atoms with Crippen molar-refractivity contribution in [2.75, 3.05) is 13.1 Å². The van der Waals surface area contributed by atoms with E-state index in [9.17, 15) is 9.59 Å². The number of aryl methyl sites for hydroxylation is 1. The monoisotopic (exact) mass is 223 g/mol. The molecule has 0 N–H and O–H groups in total. The number of nitrogens with zero attached hydrogens (tertiary/aromatic N) is 1. The van der Waals surface area contributed by atoms with Crippen LogP contribution in [-0.4, -0.2) is 29.7 Å². The molecule has 1 aliphatic rings. The van der Waals surface area contributed by atoms with Gasteiger partial charge in [-0.25, -0.2) is 0 Å². The van der Waals surface area contributed by atoms with E-state index < -0.39 is 0 Å². The van der Waals surface area contributed by atoms with E-state index in [-0.39, 0.29) is 18.2 Å². The zero-order valence-corrected chi connectivity index (χ0v) is 9.47. The third-order valence-electron chi connectivity index (χ3n) is 2.59. The lowest BCUT2D eigenvalue weighted by molar-refractivity contribution is -0.121. The van der Waals surface area contributed by atoms with Gasteiger partial charge < -0.3 is 4.90 Å². The summed E-state index contributed by atoms with van der Waals surface area (Å²) in [7, 11) is 0. The second kappa shape index (κ2) is 4.14. The first kappa shape index (κ1) is 10.4. The lowest BCUT2D eigenvalue weighted by atomic mass is 10.1. The summed E-state index contributed by atoms with van der Waals surface area (Å²) in [6.07, 6.45) is 1.42. The predicted octanol–water partition coefficient (Wildman–Crippen LogP) is 1.86. The third kappa shape index (κ3) is 2.09. The molecule has 0 saturated carbocycles. The lowest BCUT2D eigenvalue weighted by Gasteiger charge is -2.25. The molecule has 3 nitrogen and oxygen atoms in total.